The van der Waals surface area contributed by atoms with E-state index < -0.39 is 7.14 Å². The van der Waals surface area contributed by atoms with Crippen LogP contribution >= 0.6 is 7.14 Å². The first kappa shape index (κ1) is 33.3. The van der Waals surface area contributed by atoms with E-state index in [1.54, 1.807) is 0 Å². The number of nitrogens with zero attached hydrogens (tertiary/aromatic N) is 1. The second-order valence-corrected chi connectivity index (χ2v) is 17.3. The Kier molecular flexibility index (Phi) is 7.77. The van der Waals surface area contributed by atoms with Gasteiger partial charge < -0.3 is 8.98 Å². The smallest absolute Gasteiger partial charge is 0.171 e. The summed E-state index contributed by atoms with van der Waals surface area (Å²) < 4.78 is 22.1. The molecule has 0 aliphatic rings. The lowest BCUT2D eigenvalue weighted by molar-refractivity contribution is 0.592. The molecule has 2 aromatic heterocycles. The fourth-order valence-corrected chi connectivity index (χ4v) is 11.4. The van der Waals surface area contributed by atoms with Gasteiger partial charge in [0.2, 0.25) is 0 Å². The molecule has 268 valence electrons. The fourth-order valence-electron chi connectivity index (χ4n) is 8.67. The lowest BCUT2D eigenvalue weighted by atomic mass is 9.92. The van der Waals surface area contributed by atoms with Crippen LogP contribution in [0.3, 0.4) is 0 Å². The summed E-state index contributed by atoms with van der Waals surface area (Å²) in [6, 6.07) is 70.7. The van der Waals surface area contributed by atoms with Gasteiger partial charge in [-0.3, -0.25) is 0 Å². The van der Waals surface area contributed by atoms with Gasteiger partial charge in [0, 0.05) is 37.6 Å². The fraction of sp³-hybridized carbons (Fsp3) is 0. The third-order valence-corrected chi connectivity index (χ3v) is 14.4. The predicted molar refractivity (Wildman–Crippen MR) is 240 cm³/mol. The van der Waals surface area contributed by atoms with Gasteiger partial charge in [-0.1, -0.05) is 176 Å². The maximum Gasteiger partial charge on any atom is 0.171 e. The third kappa shape index (κ3) is 5.35. The zero-order chi connectivity index (χ0) is 37.9. The largest absolute Gasteiger partial charge is 0.454 e. The van der Waals surface area contributed by atoms with Crippen LogP contribution in [0.25, 0.3) is 87.9 Å². The molecule has 0 aliphatic carbocycles. The molecule has 0 atom stereocenters. The zero-order valence-corrected chi connectivity index (χ0v) is 31.7. The number of hydrogen-bond donors (Lipinski definition) is 0. The Labute approximate surface area is 329 Å². The van der Waals surface area contributed by atoms with E-state index in [0.717, 1.165) is 93.0 Å². The second-order valence-electron chi connectivity index (χ2n) is 14.6. The standard InChI is InChI=1S/C53H34NO2P/c55-57(39-20-3-1-4-21-39,40-22-5-2-6-23-40)41-24-14-18-36(33-41)35-17-13-19-37(32-35)43-29-15-30-48-50(43)51-46-28-11-12-31-49(46)56-53(51)52(54-48)47-34-38-16-7-8-25-42(38)44-26-9-10-27-45(44)47/h1-34H. The Morgan fingerprint density at radius 2 is 0.982 bits per heavy atom. The van der Waals surface area contributed by atoms with Crippen molar-refractivity contribution in [3.8, 4) is 33.5 Å². The SMILES string of the molecule is O=P(c1ccccc1)(c1ccccc1)c1cccc(-c2cccc(-c3cccc4nc(-c5cc6ccccc6c6ccccc56)c5oc6ccccc6c5c34)c2)c1. The number of rotatable bonds is 6. The van der Waals surface area contributed by atoms with Gasteiger partial charge in [-0.05, 0) is 74.1 Å². The average Bonchev–Trinajstić information content (AvgIpc) is 3.69. The molecule has 0 unspecified atom stereocenters. The van der Waals surface area contributed by atoms with E-state index in [4.69, 9.17) is 9.40 Å². The van der Waals surface area contributed by atoms with Gasteiger partial charge in [-0.2, -0.15) is 0 Å². The van der Waals surface area contributed by atoms with Crippen LogP contribution in [0, 0.1) is 0 Å². The highest BCUT2D eigenvalue weighted by atomic mass is 31.2. The molecule has 4 heteroatoms. The molecule has 57 heavy (non-hydrogen) atoms. The first-order valence-corrected chi connectivity index (χ1v) is 20.9. The van der Waals surface area contributed by atoms with Crippen molar-refractivity contribution in [2.75, 3.05) is 0 Å². The minimum absolute atomic E-state index is 0.776. The normalized spacial score (nSPS) is 11.9. The van der Waals surface area contributed by atoms with Crippen LogP contribution in [-0.4, -0.2) is 4.98 Å². The van der Waals surface area contributed by atoms with Crippen molar-refractivity contribution in [2.45, 2.75) is 0 Å². The van der Waals surface area contributed by atoms with Gasteiger partial charge in [-0.15, -0.1) is 0 Å². The number of pyridine rings is 1. The molecule has 0 aliphatic heterocycles. The van der Waals surface area contributed by atoms with Gasteiger partial charge in [0.05, 0.1) is 5.52 Å². The summed E-state index contributed by atoms with van der Waals surface area (Å²) >= 11 is 0. The molecular formula is C53H34NO2P. The molecule has 9 aromatic carbocycles. The number of hydrogen-bond acceptors (Lipinski definition) is 3. The molecule has 0 N–H and O–H groups in total. The van der Waals surface area contributed by atoms with E-state index in [9.17, 15) is 0 Å². The van der Waals surface area contributed by atoms with Crippen LogP contribution in [0.2, 0.25) is 0 Å². The maximum absolute atomic E-state index is 15.3. The van der Waals surface area contributed by atoms with Gasteiger partial charge in [0.25, 0.3) is 0 Å². The zero-order valence-electron chi connectivity index (χ0n) is 30.8. The number of fused-ring (bicyclic) bond motifs is 8. The topological polar surface area (TPSA) is 43.1 Å². The second kappa shape index (κ2) is 13.3. The summed E-state index contributed by atoms with van der Waals surface area (Å²) in [5.41, 5.74) is 8.57. The van der Waals surface area contributed by atoms with E-state index in [-0.39, 0.29) is 0 Å². The van der Waals surface area contributed by atoms with Crippen LogP contribution in [0.15, 0.2) is 211 Å². The van der Waals surface area contributed by atoms with E-state index in [1.165, 1.54) is 10.8 Å². The first-order valence-electron chi connectivity index (χ1n) is 19.2. The highest BCUT2D eigenvalue weighted by molar-refractivity contribution is 7.85. The number of para-hydroxylation sites is 1. The monoisotopic (exact) mass is 747 g/mol. The van der Waals surface area contributed by atoms with Crippen LogP contribution in [0.5, 0.6) is 0 Å². The van der Waals surface area contributed by atoms with Crippen LogP contribution in [0.1, 0.15) is 0 Å². The molecule has 3 nitrogen and oxygen atoms in total. The van der Waals surface area contributed by atoms with Gasteiger partial charge in [0.1, 0.15) is 11.3 Å². The van der Waals surface area contributed by atoms with Gasteiger partial charge >= 0.3 is 0 Å². The Hall–Kier alpha value is -7.06. The lowest BCUT2D eigenvalue weighted by Crippen LogP contribution is -2.25. The van der Waals surface area contributed by atoms with Gasteiger partial charge in [-0.25, -0.2) is 4.98 Å². The van der Waals surface area contributed by atoms with Crippen LogP contribution in [0.4, 0.5) is 0 Å². The Morgan fingerprint density at radius 1 is 0.404 bits per heavy atom. The molecule has 0 amide bonds. The number of benzene rings is 9. The van der Waals surface area contributed by atoms with E-state index in [0.29, 0.717) is 0 Å². The van der Waals surface area contributed by atoms with Crippen molar-refractivity contribution >= 4 is 77.4 Å². The minimum atomic E-state index is -3.15. The Morgan fingerprint density at radius 3 is 1.75 bits per heavy atom. The van der Waals surface area contributed by atoms with Crippen LogP contribution in [-0.2, 0) is 4.57 Å². The molecule has 0 spiro atoms. The van der Waals surface area contributed by atoms with Crippen LogP contribution < -0.4 is 15.9 Å². The van der Waals surface area contributed by atoms with Crippen molar-refractivity contribution in [3.63, 3.8) is 0 Å². The van der Waals surface area contributed by atoms with Crippen molar-refractivity contribution in [3.05, 3.63) is 206 Å². The first-order chi connectivity index (χ1) is 28.1. The summed E-state index contributed by atoms with van der Waals surface area (Å²) in [5.74, 6) is 0. The molecule has 11 rings (SSSR count). The Bertz CT molecular complexity index is 3340. The summed E-state index contributed by atoms with van der Waals surface area (Å²) in [4.78, 5) is 5.46. The highest BCUT2D eigenvalue weighted by Gasteiger charge is 2.30. The van der Waals surface area contributed by atoms with E-state index >= 15 is 4.57 Å². The maximum atomic E-state index is 15.3. The molecule has 2 heterocycles. The predicted octanol–water partition coefficient (Wildman–Crippen LogP) is 13.1. The summed E-state index contributed by atoms with van der Waals surface area (Å²) in [5, 5.41) is 10.3. The molecule has 0 radical (unpaired) electrons. The molecule has 0 fully saturated rings. The third-order valence-electron chi connectivity index (χ3n) is 11.3. The van der Waals surface area contributed by atoms with Gasteiger partial charge in [0.15, 0.2) is 12.7 Å². The van der Waals surface area contributed by atoms with E-state index in [2.05, 4.69) is 121 Å². The molecular weight excluding hydrogens is 714 g/mol. The highest BCUT2D eigenvalue weighted by Crippen LogP contribution is 2.46. The summed E-state index contributed by atoms with van der Waals surface area (Å²) in [6.07, 6.45) is 0. The summed E-state index contributed by atoms with van der Waals surface area (Å²) in [6.45, 7) is 0. The molecule has 0 saturated carbocycles. The van der Waals surface area contributed by atoms with Crippen molar-refractivity contribution in [1.29, 1.82) is 0 Å². The molecule has 11 aromatic rings. The van der Waals surface area contributed by atoms with E-state index in [1.807, 2.05) is 84.9 Å². The lowest BCUT2D eigenvalue weighted by Gasteiger charge is -2.20. The van der Waals surface area contributed by atoms with Crippen molar-refractivity contribution in [1.82, 2.24) is 4.98 Å². The number of aromatic nitrogens is 1. The van der Waals surface area contributed by atoms with Crippen molar-refractivity contribution in [2.24, 2.45) is 0 Å². The Balaban J connectivity index is 1.12. The average molecular weight is 748 g/mol. The van der Waals surface area contributed by atoms with Crippen molar-refractivity contribution < 1.29 is 8.98 Å². The summed E-state index contributed by atoms with van der Waals surface area (Å²) in [7, 11) is -3.15. The minimum Gasteiger partial charge on any atom is -0.454 e. The molecule has 0 bridgehead atoms. The quantitative estimate of drug-likeness (QED) is 0.126. The number of furan rings is 1. The molecule has 0 saturated heterocycles.